The van der Waals surface area contributed by atoms with Gasteiger partial charge in [0.2, 0.25) is 5.95 Å². The fraction of sp³-hybridized carbons (Fsp3) is 0.333. The van der Waals surface area contributed by atoms with E-state index in [-0.39, 0.29) is 0 Å². The molecule has 0 amide bonds. The van der Waals surface area contributed by atoms with Gasteiger partial charge in [-0.2, -0.15) is 10.1 Å². The average molecular weight is 389 g/mol. The molecule has 3 rings (SSSR count). The molecule has 0 aliphatic carbocycles. The fourth-order valence-electron chi connectivity index (χ4n) is 2.66. The topological polar surface area (TPSA) is 97.1 Å². The first kappa shape index (κ1) is 18.9. The SMILES string of the molecule is CC(C)CCn1c(N/N=C\c2ccccc2Cl)nc2c1c(=O)[nH]c(=O)n2C. The number of aromatic amines is 1. The van der Waals surface area contributed by atoms with E-state index in [0.717, 1.165) is 12.0 Å². The number of imidazole rings is 1. The Morgan fingerprint density at radius 2 is 2.07 bits per heavy atom. The van der Waals surface area contributed by atoms with Gasteiger partial charge in [0.15, 0.2) is 11.2 Å². The van der Waals surface area contributed by atoms with Gasteiger partial charge in [-0.1, -0.05) is 43.6 Å². The van der Waals surface area contributed by atoms with E-state index in [1.807, 2.05) is 18.2 Å². The van der Waals surface area contributed by atoms with Crippen LogP contribution >= 0.6 is 11.6 Å². The molecule has 0 fully saturated rings. The van der Waals surface area contributed by atoms with Crippen molar-refractivity contribution in [1.29, 1.82) is 0 Å². The highest BCUT2D eigenvalue weighted by Crippen LogP contribution is 2.18. The molecule has 0 unspecified atom stereocenters. The van der Waals surface area contributed by atoms with Crippen molar-refractivity contribution in [1.82, 2.24) is 19.1 Å². The first-order valence-electron chi connectivity index (χ1n) is 8.61. The molecule has 1 aromatic carbocycles. The van der Waals surface area contributed by atoms with Crippen molar-refractivity contribution in [3.63, 3.8) is 0 Å². The van der Waals surface area contributed by atoms with Crippen LogP contribution in [0.4, 0.5) is 5.95 Å². The van der Waals surface area contributed by atoms with Gasteiger partial charge in [0, 0.05) is 24.2 Å². The van der Waals surface area contributed by atoms with Gasteiger partial charge in [0.05, 0.1) is 6.21 Å². The van der Waals surface area contributed by atoms with Gasteiger partial charge in [0.25, 0.3) is 5.56 Å². The van der Waals surface area contributed by atoms with Gasteiger partial charge in [-0.25, -0.2) is 10.2 Å². The Hall–Kier alpha value is -2.87. The first-order chi connectivity index (χ1) is 12.9. The van der Waals surface area contributed by atoms with Gasteiger partial charge >= 0.3 is 5.69 Å². The summed E-state index contributed by atoms with van der Waals surface area (Å²) in [5.74, 6) is 0.828. The summed E-state index contributed by atoms with van der Waals surface area (Å²) in [6.07, 6.45) is 2.42. The van der Waals surface area contributed by atoms with Crippen molar-refractivity contribution in [2.24, 2.45) is 18.1 Å². The number of aromatic nitrogens is 4. The number of aryl methyl sites for hydroxylation is 2. The van der Waals surface area contributed by atoms with E-state index in [9.17, 15) is 9.59 Å². The maximum absolute atomic E-state index is 12.4. The Morgan fingerprint density at radius 1 is 1.33 bits per heavy atom. The number of hydrogen-bond donors (Lipinski definition) is 2. The number of fused-ring (bicyclic) bond motifs is 1. The number of nitrogens with zero attached hydrogens (tertiary/aromatic N) is 4. The van der Waals surface area contributed by atoms with Gasteiger partial charge in [0.1, 0.15) is 0 Å². The molecule has 0 aliphatic heterocycles. The lowest BCUT2D eigenvalue weighted by atomic mass is 10.1. The van der Waals surface area contributed by atoms with Crippen molar-refractivity contribution in [2.75, 3.05) is 5.43 Å². The predicted molar refractivity (Wildman–Crippen MR) is 108 cm³/mol. The summed E-state index contributed by atoms with van der Waals surface area (Å²) < 4.78 is 3.06. The summed E-state index contributed by atoms with van der Waals surface area (Å²) >= 11 is 6.12. The monoisotopic (exact) mass is 388 g/mol. The molecule has 2 N–H and O–H groups in total. The van der Waals surface area contributed by atoms with E-state index >= 15 is 0 Å². The second-order valence-electron chi connectivity index (χ2n) is 6.65. The number of rotatable bonds is 6. The lowest BCUT2D eigenvalue weighted by Crippen LogP contribution is -2.29. The van der Waals surface area contributed by atoms with Crippen LogP contribution in [0.3, 0.4) is 0 Å². The second kappa shape index (κ2) is 7.79. The Labute approximate surface area is 160 Å². The molecule has 0 saturated heterocycles. The second-order valence-corrected chi connectivity index (χ2v) is 7.06. The number of anilines is 1. The molecule has 0 spiro atoms. The minimum Gasteiger partial charge on any atom is -0.303 e. The summed E-state index contributed by atoms with van der Waals surface area (Å²) in [5.41, 5.74) is 3.30. The number of halogens is 1. The van der Waals surface area contributed by atoms with Crippen LogP contribution in [0.25, 0.3) is 11.2 Å². The number of hydrazone groups is 1. The highest BCUT2D eigenvalue weighted by Gasteiger charge is 2.17. The van der Waals surface area contributed by atoms with Gasteiger partial charge < -0.3 is 4.57 Å². The standard InChI is InChI=1S/C18H21ClN6O2/c1-11(2)8-9-25-14-15(24(3)18(27)22-16(14)26)21-17(25)23-20-10-12-6-4-5-7-13(12)19/h4-7,10-11H,8-9H2,1-3H3,(H,21,23)(H,22,26,27)/b20-10-. The molecule has 3 aromatic rings. The highest BCUT2D eigenvalue weighted by molar-refractivity contribution is 6.33. The van der Waals surface area contributed by atoms with Crippen molar-refractivity contribution < 1.29 is 0 Å². The van der Waals surface area contributed by atoms with Gasteiger partial charge in [-0.3, -0.25) is 14.3 Å². The Kier molecular flexibility index (Phi) is 5.46. The summed E-state index contributed by atoms with van der Waals surface area (Å²) in [6.45, 7) is 4.77. The number of hydrogen-bond acceptors (Lipinski definition) is 5. The predicted octanol–water partition coefficient (Wildman–Crippen LogP) is 2.57. The van der Waals surface area contributed by atoms with E-state index in [4.69, 9.17) is 11.6 Å². The Balaban J connectivity index is 2.03. The summed E-state index contributed by atoms with van der Waals surface area (Å²) in [6, 6.07) is 7.31. The summed E-state index contributed by atoms with van der Waals surface area (Å²) in [4.78, 5) is 31.0. The summed E-state index contributed by atoms with van der Waals surface area (Å²) in [5, 5.41) is 4.77. The Bertz CT molecular complexity index is 1110. The third kappa shape index (κ3) is 3.95. The van der Waals surface area contributed by atoms with Crippen LogP contribution in [-0.4, -0.2) is 25.3 Å². The highest BCUT2D eigenvalue weighted by atomic mass is 35.5. The third-order valence-corrected chi connectivity index (χ3v) is 4.55. The molecule has 8 nitrogen and oxygen atoms in total. The quantitative estimate of drug-likeness (QED) is 0.501. The van der Waals surface area contributed by atoms with Gasteiger partial charge in [-0.15, -0.1) is 0 Å². The molecule has 27 heavy (non-hydrogen) atoms. The molecule has 2 aromatic heterocycles. The van der Waals surface area contributed by atoms with Crippen molar-refractivity contribution in [3.05, 3.63) is 55.7 Å². The van der Waals surface area contributed by atoms with Crippen LogP contribution in [0.1, 0.15) is 25.8 Å². The minimum atomic E-state index is -0.507. The molecule has 142 valence electrons. The smallest absolute Gasteiger partial charge is 0.303 e. The summed E-state index contributed by atoms with van der Waals surface area (Å²) in [7, 11) is 1.57. The molecule has 9 heteroatoms. The largest absolute Gasteiger partial charge is 0.329 e. The minimum absolute atomic E-state index is 0.308. The molecule has 0 saturated carbocycles. The van der Waals surface area contributed by atoms with E-state index in [1.54, 1.807) is 23.9 Å². The van der Waals surface area contributed by atoms with Crippen molar-refractivity contribution in [2.45, 2.75) is 26.8 Å². The fourth-order valence-corrected chi connectivity index (χ4v) is 2.85. The van der Waals surface area contributed by atoms with Gasteiger partial charge in [-0.05, 0) is 18.4 Å². The third-order valence-electron chi connectivity index (χ3n) is 4.21. The van der Waals surface area contributed by atoms with Crippen LogP contribution in [0.2, 0.25) is 5.02 Å². The maximum atomic E-state index is 12.4. The lowest BCUT2D eigenvalue weighted by molar-refractivity contribution is 0.524. The van der Waals surface area contributed by atoms with Crippen LogP contribution in [0, 0.1) is 5.92 Å². The molecular formula is C18H21ClN6O2. The van der Waals surface area contributed by atoms with Crippen LogP contribution in [-0.2, 0) is 13.6 Å². The van der Waals surface area contributed by atoms with E-state index in [2.05, 4.69) is 34.3 Å². The zero-order valence-corrected chi connectivity index (χ0v) is 16.1. The number of H-pyrrole nitrogens is 1. The van der Waals surface area contributed by atoms with Crippen LogP contribution < -0.4 is 16.7 Å². The van der Waals surface area contributed by atoms with Crippen molar-refractivity contribution >= 4 is 34.9 Å². The zero-order valence-electron chi connectivity index (χ0n) is 15.4. The van der Waals surface area contributed by atoms with E-state index < -0.39 is 11.2 Å². The van der Waals surface area contributed by atoms with E-state index in [0.29, 0.717) is 34.6 Å². The van der Waals surface area contributed by atoms with Crippen molar-refractivity contribution in [3.8, 4) is 0 Å². The molecule has 2 heterocycles. The van der Waals surface area contributed by atoms with E-state index in [1.165, 1.54) is 4.57 Å². The molecular weight excluding hydrogens is 368 g/mol. The average Bonchev–Trinajstić information content (AvgIpc) is 2.99. The molecule has 0 radical (unpaired) electrons. The molecule has 0 bridgehead atoms. The number of benzene rings is 1. The maximum Gasteiger partial charge on any atom is 0.329 e. The normalized spacial score (nSPS) is 11.7. The number of nitrogens with one attached hydrogen (secondary N) is 2. The first-order valence-corrected chi connectivity index (χ1v) is 8.99. The molecule has 0 aliphatic rings. The molecule has 0 atom stereocenters. The Morgan fingerprint density at radius 3 is 2.78 bits per heavy atom. The lowest BCUT2D eigenvalue weighted by Gasteiger charge is -2.09. The van der Waals surface area contributed by atoms with Crippen LogP contribution in [0.15, 0.2) is 39.0 Å². The zero-order chi connectivity index (χ0) is 19.6. The van der Waals surface area contributed by atoms with Crippen LogP contribution in [0.5, 0.6) is 0 Å².